The number of hydrogen-bond acceptors (Lipinski definition) is 3. The highest BCUT2D eigenvalue weighted by atomic mass is 19.1. The van der Waals surface area contributed by atoms with Crippen molar-refractivity contribution in [2.75, 3.05) is 20.2 Å². The second-order valence-electron chi connectivity index (χ2n) is 6.51. The molecule has 2 aliphatic rings. The third kappa shape index (κ3) is 2.79. The Morgan fingerprint density at radius 3 is 2.83 bits per heavy atom. The minimum absolute atomic E-state index is 0.0855. The first-order valence-corrected chi connectivity index (χ1v) is 8.14. The van der Waals surface area contributed by atoms with Crippen LogP contribution in [0.4, 0.5) is 9.18 Å². The number of benzene rings is 1. The minimum atomic E-state index is -0.478. The van der Waals surface area contributed by atoms with Gasteiger partial charge in [0.15, 0.2) is 0 Å². The van der Waals surface area contributed by atoms with E-state index in [1.54, 1.807) is 4.90 Å². The first-order valence-electron chi connectivity index (χ1n) is 8.14. The third-order valence-electron chi connectivity index (χ3n) is 4.71. The van der Waals surface area contributed by atoms with Gasteiger partial charge in [-0.3, -0.25) is 4.79 Å². The molecule has 0 spiro atoms. The highest BCUT2D eigenvalue weighted by Gasteiger charge is 2.44. The Morgan fingerprint density at radius 1 is 1.42 bits per heavy atom. The Morgan fingerprint density at radius 2 is 2.17 bits per heavy atom. The predicted molar refractivity (Wildman–Crippen MR) is 86.6 cm³/mol. The maximum absolute atomic E-state index is 13.5. The first kappa shape index (κ1) is 16.5. The SMILES string of the molecule is COc1ccc(F)cc1C(=O)N1CC[C@H]2[C@@H](C1)NC(=O)N2C(C)C. The summed E-state index contributed by atoms with van der Waals surface area (Å²) in [6.07, 6.45) is 0.699. The molecule has 2 saturated heterocycles. The number of nitrogens with one attached hydrogen (secondary N) is 1. The number of hydrogen-bond donors (Lipinski definition) is 1. The molecule has 1 aromatic carbocycles. The zero-order valence-corrected chi connectivity index (χ0v) is 14.1. The summed E-state index contributed by atoms with van der Waals surface area (Å²) in [7, 11) is 1.45. The largest absolute Gasteiger partial charge is 0.496 e. The van der Waals surface area contributed by atoms with Gasteiger partial charge in [0.2, 0.25) is 0 Å². The van der Waals surface area contributed by atoms with E-state index in [2.05, 4.69) is 5.32 Å². The van der Waals surface area contributed by atoms with Gasteiger partial charge in [-0.1, -0.05) is 0 Å². The number of amides is 3. The van der Waals surface area contributed by atoms with Gasteiger partial charge in [-0.25, -0.2) is 9.18 Å². The molecular formula is C17H22FN3O3. The smallest absolute Gasteiger partial charge is 0.318 e. The summed E-state index contributed by atoms with van der Waals surface area (Å²) in [6.45, 7) is 4.91. The van der Waals surface area contributed by atoms with Gasteiger partial charge in [-0.15, -0.1) is 0 Å². The van der Waals surface area contributed by atoms with Crippen molar-refractivity contribution in [1.29, 1.82) is 0 Å². The molecule has 0 saturated carbocycles. The fraction of sp³-hybridized carbons (Fsp3) is 0.529. The lowest BCUT2D eigenvalue weighted by molar-refractivity contribution is 0.0641. The molecule has 0 unspecified atom stereocenters. The molecule has 0 aromatic heterocycles. The summed E-state index contributed by atoms with van der Waals surface area (Å²) in [5.74, 6) is -0.404. The molecule has 3 amide bonds. The van der Waals surface area contributed by atoms with Gasteiger partial charge in [-0.2, -0.15) is 0 Å². The number of ether oxygens (including phenoxy) is 1. The Kier molecular flexibility index (Phi) is 4.34. The van der Waals surface area contributed by atoms with E-state index in [9.17, 15) is 14.0 Å². The van der Waals surface area contributed by atoms with Crippen LogP contribution in [-0.4, -0.2) is 60.1 Å². The number of fused-ring (bicyclic) bond motifs is 1. The normalized spacial score (nSPS) is 23.3. The topological polar surface area (TPSA) is 61.9 Å². The van der Waals surface area contributed by atoms with Crippen molar-refractivity contribution in [2.45, 2.75) is 38.4 Å². The van der Waals surface area contributed by atoms with Crippen LogP contribution >= 0.6 is 0 Å². The molecule has 3 rings (SSSR count). The van der Waals surface area contributed by atoms with Crippen LogP contribution in [0.1, 0.15) is 30.6 Å². The summed E-state index contributed by atoms with van der Waals surface area (Å²) >= 11 is 0. The number of rotatable bonds is 3. The van der Waals surface area contributed by atoms with E-state index >= 15 is 0 Å². The number of nitrogens with zero attached hydrogens (tertiary/aromatic N) is 2. The lowest BCUT2D eigenvalue weighted by Gasteiger charge is -2.38. The van der Waals surface area contributed by atoms with Gasteiger partial charge >= 0.3 is 6.03 Å². The molecule has 24 heavy (non-hydrogen) atoms. The molecule has 6 nitrogen and oxygen atoms in total. The van der Waals surface area contributed by atoms with E-state index in [0.29, 0.717) is 25.3 Å². The molecule has 7 heteroatoms. The van der Waals surface area contributed by atoms with Crippen molar-refractivity contribution < 1.29 is 18.7 Å². The molecule has 0 aliphatic carbocycles. The Labute approximate surface area is 140 Å². The van der Waals surface area contributed by atoms with Gasteiger partial charge < -0.3 is 19.9 Å². The fourth-order valence-corrected chi connectivity index (χ4v) is 3.62. The summed E-state index contributed by atoms with van der Waals surface area (Å²) in [4.78, 5) is 28.4. The molecule has 2 fully saturated rings. The number of urea groups is 1. The zero-order valence-electron chi connectivity index (χ0n) is 14.1. The number of halogens is 1. The quantitative estimate of drug-likeness (QED) is 0.917. The fourth-order valence-electron chi connectivity index (χ4n) is 3.62. The van der Waals surface area contributed by atoms with Gasteiger partial charge in [0, 0.05) is 19.1 Å². The highest BCUT2D eigenvalue weighted by Crippen LogP contribution is 2.27. The van der Waals surface area contributed by atoms with Gasteiger partial charge in [-0.05, 0) is 38.5 Å². The van der Waals surface area contributed by atoms with Crippen LogP contribution in [-0.2, 0) is 0 Å². The Hall–Kier alpha value is -2.31. The average molecular weight is 335 g/mol. The van der Waals surface area contributed by atoms with E-state index in [1.165, 1.54) is 25.3 Å². The summed E-state index contributed by atoms with van der Waals surface area (Å²) < 4.78 is 18.7. The number of likely N-dealkylation sites (tertiary alicyclic amines) is 1. The summed E-state index contributed by atoms with van der Waals surface area (Å²) in [5, 5.41) is 2.95. The van der Waals surface area contributed by atoms with E-state index in [-0.39, 0.29) is 35.6 Å². The number of piperidine rings is 1. The average Bonchev–Trinajstić information content (AvgIpc) is 2.89. The van der Waals surface area contributed by atoms with Gasteiger partial charge in [0.1, 0.15) is 11.6 Å². The Bertz CT molecular complexity index is 664. The molecule has 1 aromatic rings. The molecule has 1 N–H and O–H groups in total. The molecule has 2 heterocycles. The molecular weight excluding hydrogens is 313 g/mol. The van der Waals surface area contributed by atoms with Crippen molar-refractivity contribution in [1.82, 2.24) is 15.1 Å². The second-order valence-corrected chi connectivity index (χ2v) is 6.51. The van der Waals surface area contributed by atoms with Gasteiger partial charge in [0.05, 0.1) is 24.8 Å². The van der Waals surface area contributed by atoms with E-state index in [1.807, 2.05) is 18.7 Å². The van der Waals surface area contributed by atoms with Crippen LogP contribution in [0.2, 0.25) is 0 Å². The monoisotopic (exact) mass is 335 g/mol. The van der Waals surface area contributed by atoms with Crippen LogP contribution < -0.4 is 10.1 Å². The van der Waals surface area contributed by atoms with Crippen LogP contribution in [0, 0.1) is 5.82 Å². The number of carbonyl (C=O) groups excluding carboxylic acids is 2. The van der Waals surface area contributed by atoms with Crippen molar-refractivity contribution in [3.63, 3.8) is 0 Å². The molecule has 0 bridgehead atoms. The standard InChI is InChI=1S/C17H22FN3O3/c1-10(2)21-14-6-7-20(9-13(14)19-17(21)23)16(22)12-8-11(18)4-5-15(12)24-3/h4-5,8,10,13-14H,6-7,9H2,1-3H3,(H,19,23)/t13-,14+/m1/s1. The number of methoxy groups -OCH3 is 1. The third-order valence-corrected chi connectivity index (χ3v) is 4.71. The molecule has 0 radical (unpaired) electrons. The van der Waals surface area contributed by atoms with E-state index < -0.39 is 5.82 Å². The van der Waals surface area contributed by atoms with Crippen molar-refractivity contribution in [3.05, 3.63) is 29.6 Å². The second kappa shape index (κ2) is 6.30. The first-order chi connectivity index (χ1) is 11.4. The van der Waals surface area contributed by atoms with Crippen molar-refractivity contribution >= 4 is 11.9 Å². The summed E-state index contributed by atoms with van der Waals surface area (Å²) in [6, 6.07) is 3.93. The van der Waals surface area contributed by atoms with Crippen LogP contribution in [0.3, 0.4) is 0 Å². The van der Waals surface area contributed by atoms with E-state index in [4.69, 9.17) is 4.74 Å². The predicted octanol–water partition coefficient (Wildman–Crippen LogP) is 1.85. The maximum atomic E-state index is 13.5. The van der Waals surface area contributed by atoms with Crippen molar-refractivity contribution in [2.24, 2.45) is 0 Å². The summed E-state index contributed by atoms with van der Waals surface area (Å²) in [5.41, 5.74) is 0.209. The van der Waals surface area contributed by atoms with Crippen molar-refractivity contribution in [3.8, 4) is 5.75 Å². The maximum Gasteiger partial charge on any atom is 0.318 e. The molecule has 130 valence electrons. The lowest BCUT2D eigenvalue weighted by Crippen LogP contribution is -2.53. The molecule has 2 atom stereocenters. The Balaban J connectivity index is 1.78. The minimum Gasteiger partial charge on any atom is -0.496 e. The van der Waals surface area contributed by atoms with Crippen LogP contribution in [0.5, 0.6) is 5.75 Å². The van der Waals surface area contributed by atoms with Gasteiger partial charge in [0.25, 0.3) is 5.91 Å². The van der Waals surface area contributed by atoms with Crippen LogP contribution in [0.15, 0.2) is 18.2 Å². The number of carbonyl (C=O) groups is 2. The molecule has 2 aliphatic heterocycles. The highest BCUT2D eigenvalue weighted by molar-refractivity contribution is 5.97. The van der Waals surface area contributed by atoms with Crippen LogP contribution in [0.25, 0.3) is 0 Å². The lowest BCUT2D eigenvalue weighted by atomic mass is 9.98. The van der Waals surface area contributed by atoms with E-state index in [0.717, 1.165) is 0 Å². The zero-order chi connectivity index (χ0) is 17.4.